The summed E-state index contributed by atoms with van der Waals surface area (Å²) >= 11 is 0. The zero-order valence-electron chi connectivity index (χ0n) is 48.0. The summed E-state index contributed by atoms with van der Waals surface area (Å²) in [6.07, 6.45) is 0. The SMILES string of the molecule is c1ccc(-c2cc(-c3ccc(-n4c5ccccc5c5cc(-c6cc7c8c(c6)N(c6ccccc6)c6ccccc6B8c6ccccc6N7c6ccccc6)ccc54)c(-c4cc(-c5ccccc5)nc(-c5ccccc5)c4)c3)cc(-c3ccccc3)n2)cc1. The molecule has 0 saturated heterocycles. The second-order valence-corrected chi connectivity index (χ2v) is 22.9. The standard InChI is InChI=1S/C82H54BN5/c1-7-25-55(26-8-1)71-49-61(50-72(84-71)56-27-9-2-10-28-56)59-43-45-76(67(47-59)63-51-73(57-29-11-3-12-30-57)85-74(52-63)58-31-13-4-14-32-58)88-75-40-22-19-37-66(75)68-48-60(44-46-77(68)88)62-53-80-82-81(54-62)87(65-35-17-6-18-36-65)79-42-24-21-39-70(79)83(82)69-38-20-23-41-78(69)86(80)64-33-15-5-16-34-64/h1-54H. The number of fused-ring (bicyclic) bond motifs is 7. The van der Waals surface area contributed by atoms with Crippen molar-refractivity contribution in [2.75, 3.05) is 9.80 Å². The molecule has 12 aromatic carbocycles. The molecule has 5 heterocycles. The van der Waals surface area contributed by atoms with Crippen LogP contribution in [0.1, 0.15) is 0 Å². The minimum atomic E-state index is 0.0238. The highest BCUT2D eigenvalue weighted by Gasteiger charge is 2.43. The molecule has 0 N–H and O–H groups in total. The van der Waals surface area contributed by atoms with Crippen LogP contribution >= 0.6 is 0 Å². The Hall–Kier alpha value is -11.6. The molecule has 5 nitrogen and oxygen atoms in total. The van der Waals surface area contributed by atoms with Gasteiger partial charge in [-0.15, -0.1) is 0 Å². The van der Waals surface area contributed by atoms with Gasteiger partial charge in [-0.05, 0) is 147 Å². The molecule has 2 aliphatic heterocycles. The maximum absolute atomic E-state index is 5.39. The molecule has 0 aliphatic carbocycles. The third-order valence-electron chi connectivity index (χ3n) is 17.7. The molecule has 3 aromatic heterocycles. The highest BCUT2D eigenvalue weighted by Crippen LogP contribution is 2.48. The van der Waals surface area contributed by atoms with Crippen molar-refractivity contribution in [1.29, 1.82) is 0 Å². The van der Waals surface area contributed by atoms with E-state index in [0.29, 0.717) is 0 Å². The van der Waals surface area contributed by atoms with Crippen molar-refractivity contribution >= 4 is 79.0 Å². The van der Waals surface area contributed by atoms with Gasteiger partial charge in [-0.2, -0.15) is 0 Å². The Morgan fingerprint density at radius 1 is 0.239 bits per heavy atom. The van der Waals surface area contributed by atoms with Crippen LogP contribution in [0.2, 0.25) is 0 Å². The van der Waals surface area contributed by atoms with E-state index < -0.39 is 0 Å². The van der Waals surface area contributed by atoms with Gasteiger partial charge in [0.2, 0.25) is 0 Å². The third kappa shape index (κ3) is 8.64. The molecule has 0 unspecified atom stereocenters. The van der Waals surface area contributed by atoms with Crippen molar-refractivity contribution < 1.29 is 0 Å². The van der Waals surface area contributed by atoms with Crippen LogP contribution in [0, 0.1) is 0 Å². The molecule has 0 radical (unpaired) electrons. The Balaban J connectivity index is 0.902. The zero-order valence-corrected chi connectivity index (χ0v) is 48.0. The van der Waals surface area contributed by atoms with Crippen LogP contribution in [0.15, 0.2) is 328 Å². The molecule has 2 aliphatic rings. The molecule has 410 valence electrons. The molecule has 0 bridgehead atoms. The van der Waals surface area contributed by atoms with Gasteiger partial charge in [-0.3, -0.25) is 0 Å². The van der Waals surface area contributed by atoms with E-state index in [-0.39, 0.29) is 6.71 Å². The number of rotatable bonds is 10. The molecular formula is C82H54BN5. The van der Waals surface area contributed by atoms with Gasteiger partial charge < -0.3 is 14.4 Å². The molecule has 88 heavy (non-hydrogen) atoms. The number of anilines is 6. The van der Waals surface area contributed by atoms with Crippen molar-refractivity contribution in [3.63, 3.8) is 0 Å². The van der Waals surface area contributed by atoms with Crippen LogP contribution in [-0.2, 0) is 0 Å². The van der Waals surface area contributed by atoms with Crippen molar-refractivity contribution in [1.82, 2.24) is 14.5 Å². The Morgan fingerprint density at radius 2 is 0.625 bits per heavy atom. The maximum Gasteiger partial charge on any atom is 0.252 e. The summed E-state index contributed by atoms with van der Waals surface area (Å²) in [6.45, 7) is 0.0238. The summed E-state index contributed by atoms with van der Waals surface area (Å²) in [5, 5.41) is 2.34. The van der Waals surface area contributed by atoms with E-state index in [1.807, 2.05) is 0 Å². The zero-order chi connectivity index (χ0) is 58.1. The lowest BCUT2D eigenvalue weighted by Crippen LogP contribution is -2.61. The molecule has 15 aromatic rings. The number of nitrogens with zero attached hydrogens (tertiary/aromatic N) is 5. The highest BCUT2D eigenvalue weighted by molar-refractivity contribution is 7.00. The number of hydrogen-bond donors (Lipinski definition) is 0. The Labute approximate surface area is 512 Å². The van der Waals surface area contributed by atoms with Gasteiger partial charge in [0.1, 0.15) is 0 Å². The summed E-state index contributed by atoms with van der Waals surface area (Å²) in [7, 11) is 0. The van der Waals surface area contributed by atoms with Gasteiger partial charge >= 0.3 is 0 Å². The van der Waals surface area contributed by atoms with E-state index in [1.54, 1.807) is 0 Å². The van der Waals surface area contributed by atoms with Crippen LogP contribution in [0.4, 0.5) is 34.1 Å². The number of hydrogen-bond acceptors (Lipinski definition) is 4. The van der Waals surface area contributed by atoms with Crippen LogP contribution in [0.3, 0.4) is 0 Å². The molecule has 0 amide bonds. The second-order valence-electron chi connectivity index (χ2n) is 22.9. The van der Waals surface area contributed by atoms with E-state index in [0.717, 1.165) is 107 Å². The topological polar surface area (TPSA) is 37.2 Å². The lowest BCUT2D eigenvalue weighted by Gasteiger charge is -2.44. The van der Waals surface area contributed by atoms with Crippen LogP contribution in [-0.4, -0.2) is 21.2 Å². The molecule has 0 atom stereocenters. The Bertz CT molecular complexity index is 4920. The van der Waals surface area contributed by atoms with E-state index in [9.17, 15) is 0 Å². The predicted octanol–water partition coefficient (Wildman–Crippen LogP) is 19.3. The Morgan fingerprint density at radius 3 is 1.12 bits per heavy atom. The Kier molecular flexibility index (Phi) is 12.2. The predicted molar refractivity (Wildman–Crippen MR) is 368 cm³/mol. The van der Waals surface area contributed by atoms with Crippen molar-refractivity contribution in [3.8, 4) is 84.1 Å². The minimum Gasteiger partial charge on any atom is -0.311 e. The van der Waals surface area contributed by atoms with Gasteiger partial charge in [0.15, 0.2) is 0 Å². The fourth-order valence-electron chi connectivity index (χ4n) is 13.7. The number of pyridine rings is 2. The van der Waals surface area contributed by atoms with Gasteiger partial charge in [-0.25, -0.2) is 9.97 Å². The summed E-state index contributed by atoms with van der Waals surface area (Å²) in [5.41, 5.74) is 28.6. The smallest absolute Gasteiger partial charge is 0.252 e. The molecule has 0 spiro atoms. The average Bonchev–Trinajstić information content (AvgIpc) is 1.01. The van der Waals surface area contributed by atoms with E-state index in [4.69, 9.17) is 9.97 Å². The lowest BCUT2D eigenvalue weighted by atomic mass is 9.33. The number of benzene rings is 12. The molecule has 0 fully saturated rings. The maximum atomic E-state index is 5.39. The molecule has 0 saturated carbocycles. The minimum absolute atomic E-state index is 0.0238. The second kappa shape index (κ2) is 21.2. The fraction of sp³-hybridized carbons (Fsp3) is 0. The van der Waals surface area contributed by atoms with E-state index in [1.165, 1.54) is 49.9 Å². The first-order valence-electron chi connectivity index (χ1n) is 30.2. The van der Waals surface area contributed by atoms with Gasteiger partial charge in [-0.1, -0.05) is 224 Å². The lowest BCUT2D eigenvalue weighted by molar-refractivity contribution is 1.18. The van der Waals surface area contributed by atoms with Crippen LogP contribution in [0.5, 0.6) is 0 Å². The van der Waals surface area contributed by atoms with Crippen molar-refractivity contribution in [2.45, 2.75) is 0 Å². The average molecular weight is 1120 g/mol. The van der Waals surface area contributed by atoms with Crippen LogP contribution < -0.4 is 26.2 Å². The summed E-state index contributed by atoms with van der Waals surface area (Å²) in [6, 6.07) is 119. The first-order chi connectivity index (χ1) is 43.6. The number of para-hydroxylation sites is 5. The normalized spacial score (nSPS) is 12.2. The third-order valence-corrected chi connectivity index (χ3v) is 17.7. The quantitative estimate of drug-likeness (QED) is 0.128. The number of aromatic nitrogens is 3. The first kappa shape index (κ1) is 50.9. The highest BCUT2D eigenvalue weighted by atomic mass is 15.2. The molecule has 6 heteroatoms. The van der Waals surface area contributed by atoms with Crippen LogP contribution in [0.25, 0.3) is 106 Å². The summed E-state index contributed by atoms with van der Waals surface area (Å²) < 4.78 is 2.49. The van der Waals surface area contributed by atoms with E-state index >= 15 is 0 Å². The largest absolute Gasteiger partial charge is 0.311 e. The van der Waals surface area contributed by atoms with Gasteiger partial charge in [0.25, 0.3) is 6.71 Å². The van der Waals surface area contributed by atoms with Gasteiger partial charge in [0, 0.05) is 72.7 Å². The fourth-order valence-corrected chi connectivity index (χ4v) is 13.7. The summed E-state index contributed by atoms with van der Waals surface area (Å²) in [5.74, 6) is 0. The first-order valence-corrected chi connectivity index (χ1v) is 30.2. The van der Waals surface area contributed by atoms with Gasteiger partial charge in [0.05, 0.1) is 39.5 Å². The summed E-state index contributed by atoms with van der Waals surface area (Å²) in [4.78, 5) is 15.7. The van der Waals surface area contributed by atoms with Crippen molar-refractivity contribution in [3.05, 3.63) is 328 Å². The van der Waals surface area contributed by atoms with E-state index in [2.05, 4.69) is 342 Å². The molecule has 17 rings (SSSR count). The monoisotopic (exact) mass is 1120 g/mol. The van der Waals surface area contributed by atoms with Crippen molar-refractivity contribution in [2.24, 2.45) is 0 Å². The molecular weight excluding hydrogens is 1070 g/mol.